The molecule has 0 aromatic carbocycles. The van der Waals surface area contributed by atoms with Crippen molar-refractivity contribution in [2.45, 2.75) is 58.4 Å². The number of hydrogen-bond donors (Lipinski definition) is 2. The molecule has 0 spiro atoms. The van der Waals surface area contributed by atoms with Gasteiger partial charge in [0.25, 0.3) is 0 Å². The maximum atomic E-state index is 4.69. The zero-order valence-corrected chi connectivity index (χ0v) is 12.7. The van der Waals surface area contributed by atoms with Crippen LogP contribution in [0.4, 0.5) is 11.6 Å². The average Bonchev–Trinajstić information content (AvgIpc) is 3.01. The number of fused-ring (bicyclic) bond motifs is 2. The molecule has 4 heteroatoms. The van der Waals surface area contributed by atoms with E-state index in [0.29, 0.717) is 6.04 Å². The summed E-state index contributed by atoms with van der Waals surface area (Å²) in [4.78, 5) is 9.26. The molecule has 0 amide bonds. The van der Waals surface area contributed by atoms with Crippen LogP contribution in [-0.2, 0) is 6.42 Å². The lowest BCUT2D eigenvalue weighted by Gasteiger charge is -2.23. The Balaban J connectivity index is 1.73. The summed E-state index contributed by atoms with van der Waals surface area (Å²) in [5.74, 6) is 4.75. The second-order valence-corrected chi connectivity index (χ2v) is 6.26. The molecule has 2 aliphatic rings. The van der Waals surface area contributed by atoms with E-state index in [1.54, 1.807) is 0 Å². The van der Waals surface area contributed by atoms with Crippen molar-refractivity contribution in [2.24, 2.45) is 11.8 Å². The van der Waals surface area contributed by atoms with Crippen LogP contribution < -0.4 is 10.6 Å². The van der Waals surface area contributed by atoms with E-state index in [1.807, 2.05) is 0 Å². The molecule has 1 heterocycles. The molecule has 2 fully saturated rings. The summed E-state index contributed by atoms with van der Waals surface area (Å²) in [6.45, 7) is 5.17. The Kier molecular flexibility index (Phi) is 4.08. The summed E-state index contributed by atoms with van der Waals surface area (Å²) in [7, 11) is 0. The van der Waals surface area contributed by atoms with Crippen molar-refractivity contribution in [1.82, 2.24) is 9.97 Å². The summed E-state index contributed by atoms with van der Waals surface area (Å²) in [6.07, 6.45) is 7.62. The molecule has 3 unspecified atom stereocenters. The van der Waals surface area contributed by atoms with Crippen LogP contribution >= 0.6 is 0 Å². The lowest BCUT2D eigenvalue weighted by Crippen LogP contribution is -2.26. The number of aromatic nitrogens is 2. The van der Waals surface area contributed by atoms with E-state index in [1.165, 1.54) is 25.7 Å². The van der Waals surface area contributed by atoms with Gasteiger partial charge in [0.1, 0.15) is 17.5 Å². The Bertz CT molecular complexity index is 436. The standard InChI is InChI=1S/C16H26N4/c1-3-5-14-19-15(17-4-2)10-16(20-14)18-13-9-11-6-7-12(13)8-11/h10-13H,3-9H2,1-2H3,(H2,17,18,19,20). The van der Waals surface area contributed by atoms with Gasteiger partial charge in [0.15, 0.2) is 0 Å². The number of nitrogens with zero attached hydrogens (tertiary/aromatic N) is 2. The highest BCUT2D eigenvalue weighted by molar-refractivity contribution is 5.48. The molecule has 0 radical (unpaired) electrons. The molecule has 20 heavy (non-hydrogen) atoms. The summed E-state index contributed by atoms with van der Waals surface area (Å²) in [6, 6.07) is 2.70. The zero-order chi connectivity index (χ0) is 13.9. The predicted molar refractivity (Wildman–Crippen MR) is 83.0 cm³/mol. The van der Waals surface area contributed by atoms with E-state index in [0.717, 1.165) is 48.7 Å². The van der Waals surface area contributed by atoms with Crippen LogP contribution in [0.5, 0.6) is 0 Å². The van der Waals surface area contributed by atoms with Gasteiger partial charge in [-0.15, -0.1) is 0 Å². The third-order valence-electron chi connectivity index (χ3n) is 4.68. The summed E-state index contributed by atoms with van der Waals surface area (Å²) in [5, 5.41) is 6.99. The van der Waals surface area contributed by atoms with Crippen molar-refractivity contribution in [3.05, 3.63) is 11.9 Å². The summed E-state index contributed by atoms with van der Waals surface area (Å²) in [5.41, 5.74) is 0. The fourth-order valence-electron chi connectivity index (χ4n) is 3.79. The molecule has 2 aliphatic carbocycles. The zero-order valence-electron chi connectivity index (χ0n) is 12.7. The van der Waals surface area contributed by atoms with Gasteiger partial charge in [0.2, 0.25) is 0 Å². The monoisotopic (exact) mass is 274 g/mol. The third-order valence-corrected chi connectivity index (χ3v) is 4.68. The Morgan fingerprint density at radius 2 is 2.00 bits per heavy atom. The second kappa shape index (κ2) is 5.98. The average molecular weight is 274 g/mol. The molecule has 110 valence electrons. The van der Waals surface area contributed by atoms with Crippen LogP contribution in [0.25, 0.3) is 0 Å². The Morgan fingerprint density at radius 1 is 1.15 bits per heavy atom. The molecule has 3 rings (SSSR count). The smallest absolute Gasteiger partial charge is 0.133 e. The van der Waals surface area contributed by atoms with Crippen molar-refractivity contribution in [3.63, 3.8) is 0 Å². The molecule has 1 aromatic heterocycles. The molecular formula is C16H26N4. The minimum atomic E-state index is 0.632. The van der Waals surface area contributed by atoms with E-state index in [2.05, 4.69) is 35.5 Å². The number of nitrogens with one attached hydrogen (secondary N) is 2. The first-order valence-corrected chi connectivity index (χ1v) is 8.16. The Hall–Kier alpha value is -1.32. The molecule has 1 aromatic rings. The quantitative estimate of drug-likeness (QED) is 0.834. The minimum absolute atomic E-state index is 0.632. The van der Waals surface area contributed by atoms with Crippen molar-refractivity contribution in [3.8, 4) is 0 Å². The first-order chi connectivity index (χ1) is 9.78. The van der Waals surface area contributed by atoms with Gasteiger partial charge >= 0.3 is 0 Å². The summed E-state index contributed by atoms with van der Waals surface area (Å²) < 4.78 is 0. The van der Waals surface area contributed by atoms with E-state index >= 15 is 0 Å². The SMILES string of the molecule is CCCc1nc(NCC)cc(NC2CC3CCC2C3)n1. The number of hydrogen-bond acceptors (Lipinski definition) is 4. The van der Waals surface area contributed by atoms with Crippen LogP contribution in [0.3, 0.4) is 0 Å². The van der Waals surface area contributed by atoms with Gasteiger partial charge < -0.3 is 10.6 Å². The number of rotatable bonds is 6. The van der Waals surface area contributed by atoms with Crippen LogP contribution in [0.15, 0.2) is 6.07 Å². The summed E-state index contributed by atoms with van der Waals surface area (Å²) >= 11 is 0. The van der Waals surface area contributed by atoms with Crippen molar-refractivity contribution in [2.75, 3.05) is 17.2 Å². The normalized spacial score (nSPS) is 27.8. The Morgan fingerprint density at radius 3 is 2.65 bits per heavy atom. The van der Waals surface area contributed by atoms with E-state index in [9.17, 15) is 0 Å². The van der Waals surface area contributed by atoms with Gasteiger partial charge in [-0.05, 0) is 44.4 Å². The van der Waals surface area contributed by atoms with Gasteiger partial charge in [0.05, 0.1) is 0 Å². The largest absolute Gasteiger partial charge is 0.370 e. The molecule has 3 atom stereocenters. The first-order valence-electron chi connectivity index (χ1n) is 8.16. The van der Waals surface area contributed by atoms with Crippen LogP contribution in [-0.4, -0.2) is 22.6 Å². The van der Waals surface area contributed by atoms with E-state index < -0.39 is 0 Å². The topological polar surface area (TPSA) is 49.8 Å². The van der Waals surface area contributed by atoms with Gasteiger partial charge in [-0.3, -0.25) is 0 Å². The van der Waals surface area contributed by atoms with Crippen molar-refractivity contribution >= 4 is 11.6 Å². The fraction of sp³-hybridized carbons (Fsp3) is 0.750. The maximum Gasteiger partial charge on any atom is 0.133 e. The molecule has 2 N–H and O–H groups in total. The highest BCUT2D eigenvalue weighted by Crippen LogP contribution is 2.45. The second-order valence-electron chi connectivity index (χ2n) is 6.26. The molecule has 2 bridgehead atoms. The highest BCUT2D eigenvalue weighted by Gasteiger charge is 2.39. The van der Waals surface area contributed by atoms with Gasteiger partial charge in [-0.2, -0.15) is 0 Å². The van der Waals surface area contributed by atoms with Gasteiger partial charge in [0, 0.05) is 25.1 Å². The molecule has 0 aliphatic heterocycles. The highest BCUT2D eigenvalue weighted by atomic mass is 15.1. The van der Waals surface area contributed by atoms with Gasteiger partial charge in [-0.25, -0.2) is 9.97 Å². The maximum absolute atomic E-state index is 4.69. The van der Waals surface area contributed by atoms with Crippen LogP contribution in [0, 0.1) is 11.8 Å². The van der Waals surface area contributed by atoms with E-state index in [4.69, 9.17) is 4.98 Å². The number of aryl methyl sites for hydroxylation is 1. The Labute approximate surface area is 121 Å². The molecule has 2 saturated carbocycles. The minimum Gasteiger partial charge on any atom is -0.370 e. The third kappa shape index (κ3) is 2.89. The number of anilines is 2. The van der Waals surface area contributed by atoms with Crippen molar-refractivity contribution < 1.29 is 0 Å². The molecular weight excluding hydrogens is 248 g/mol. The van der Waals surface area contributed by atoms with Gasteiger partial charge in [-0.1, -0.05) is 13.3 Å². The lowest BCUT2D eigenvalue weighted by molar-refractivity contribution is 0.439. The fourth-order valence-corrected chi connectivity index (χ4v) is 3.79. The first kappa shape index (κ1) is 13.7. The van der Waals surface area contributed by atoms with E-state index in [-0.39, 0.29) is 0 Å². The van der Waals surface area contributed by atoms with Crippen LogP contribution in [0.1, 0.15) is 51.8 Å². The molecule has 4 nitrogen and oxygen atoms in total. The molecule has 0 saturated heterocycles. The lowest BCUT2D eigenvalue weighted by atomic mass is 9.95. The van der Waals surface area contributed by atoms with Crippen molar-refractivity contribution in [1.29, 1.82) is 0 Å². The van der Waals surface area contributed by atoms with Crippen LogP contribution in [0.2, 0.25) is 0 Å². The predicted octanol–water partition coefficient (Wildman–Crippen LogP) is 3.46.